The summed E-state index contributed by atoms with van der Waals surface area (Å²) < 4.78 is 11.1. The molecule has 1 heterocycles. The van der Waals surface area contributed by atoms with E-state index >= 15 is 0 Å². The van der Waals surface area contributed by atoms with Crippen LogP contribution in [0.3, 0.4) is 0 Å². The average molecular weight is 205 g/mol. The molecule has 15 heavy (non-hydrogen) atoms. The molecule has 1 aromatic carbocycles. The van der Waals surface area contributed by atoms with Crippen LogP contribution in [0.5, 0.6) is 11.5 Å². The Hall–Kier alpha value is -1.87. The highest BCUT2D eigenvalue weighted by Crippen LogP contribution is 2.32. The van der Waals surface area contributed by atoms with E-state index in [9.17, 15) is 0 Å². The first-order chi connectivity index (χ1) is 7.29. The second-order valence-corrected chi connectivity index (χ2v) is 3.41. The van der Waals surface area contributed by atoms with Gasteiger partial charge in [-0.3, -0.25) is 0 Å². The van der Waals surface area contributed by atoms with Crippen LogP contribution in [0.4, 0.5) is 0 Å². The zero-order chi connectivity index (χ0) is 10.7. The van der Waals surface area contributed by atoms with Crippen LogP contribution in [0.2, 0.25) is 0 Å². The summed E-state index contributed by atoms with van der Waals surface area (Å²) in [5.41, 5.74) is 9.31. The highest BCUT2D eigenvalue weighted by Gasteiger charge is 2.19. The molecule has 0 radical (unpaired) electrons. The Bertz CT molecular complexity index is 413. The van der Waals surface area contributed by atoms with Gasteiger partial charge in [0.25, 0.3) is 0 Å². The van der Waals surface area contributed by atoms with Gasteiger partial charge in [-0.2, -0.15) is 0 Å². The summed E-state index contributed by atoms with van der Waals surface area (Å²) in [7, 11) is 0. The molecule has 0 aromatic heterocycles. The molecule has 0 spiro atoms. The van der Waals surface area contributed by atoms with Crippen molar-refractivity contribution in [3.05, 3.63) is 34.2 Å². The van der Waals surface area contributed by atoms with Gasteiger partial charge in [-0.05, 0) is 30.2 Å². The third-order valence-electron chi connectivity index (χ3n) is 2.17. The van der Waals surface area contributed by atoms with Gasteiger partial charge in [0, 0.05) is 4.91 Å². The zero-order valence-electron chi connectivity index (χ0n) is 8.38. The van der Waals surface area contributed by atoms with Gasteiger partial charge >= 0.3 is 0 Å². The van der Waals surface area contributed by atoms with Crippen LogP contribution in [-0.2, 0) is 0 Å². The number of hydrogen-bond donors (Lipinski definition) is 0. The quantitative estimate of drug-likeness (QED) is 0.422. The maximum atomic E-state index is 8.20. The summed E-state index contributed by atoms with van der Waals surface area (Å²) in [6, 6.07) is 5.77. The van der Waals surface area contributed by atoms with Crippen molar-refractivity contribution < 1.29 is 9.47 Å². The second-order valence-electron chi connectivity index (χ2n) is 3.41. The summed E-state index contributed by atoms with van der Waals surface area (Å²) in [6.07, 6.45) is -0.185. The van der Waals surface area contributed by atoms with Crippen LogP contribution >= 0.6 is 0 Å². The molecular formula is C10H11N3O2. The fourth-order valence-corrected chi connectivity index (χ4v) is 1.44. The topological polar surface area (TPSA) is 67.2 Å². The van der Waals surface area contributed by atoms with Gasteiger partial charge in [-0.15, -0.1) is 0 Å². The largest absolute Gasteiger partial charge is 0.486 e. The van der Waals surface area contributed by atoms with E-state index in [1.54, 1.807) is 0 Å². The Morgan fingerprint density at radius 3 is 3.20 bits per heavy atom. The molecule has 5 nitrogen and oxygen atoms in total. The third-order valence-corrected chi connectivity index (χ3v) is 2.17. The van der Waals surface area contributed by atoms with Crippen LogP contribution in [0.15, 0.2) is 23.3 Å². The SMILES string of the molecule is Cc1ccc2c(c1)OC(CN=[N+]=[N-])CO2. The summed E-state index contributed by atoms with van der Waals surface area (Å²) >= 11 is 0. The van der Waals surface area contributed by atoms with Crippen LogP contribution in [-0.4, -0.2) is 19.3 Å². The van der Waals surface area contributed by atoms with E-state index in [-0.39, 0.29) is 6.10 Å². The van der Waals surface area contributed by atoms with E-state index in [1.807, 2.05) is 25.1 Å². The second kappa shape index (κ2) is 4.11. The molecule has 2 rings (SSSR count). The Morgan fingerprint density at radius 2 is 2.40 bits per heavy atom. The van der Waals surface area contributed by atoms with Crippen molar-refractivity contribution in [1.82, 2.24) is 0 Å². The number of benzene rings is 1. The fourth-order valence-electron chi connectivity index (χ4n) is 1.44. The standard InChI is InChI=1S/C10H11N3O2/c1-7-2-3-9-10(4-7)15-8(6-14-9)5-12-13-11/h2-4,8H,5-6H2,1H3. The minimum atomic E-state index is -0.185. The summed E-state index contributed by atoms with van der Waals surface area (Å²) in [4.78, 5) is 2.69. The summed E-state index contributed by atoms with van der Waals surface area (Å²) in [5.74, 6) is 1.47. The molecule has 1 aliphatic rings. The fraction of sp³-hybridized carbons (Fsp3) is 0.400. The molecule has 0 N–H and O–H groups in total. The van der Waals surface area contributed by atoms with Gasteiger partial charge in [0.15, 0.2) is 11.5 Å². The molecule has 0 fully saturated rings. The van der Waals surface area contributed by atoms with Gasteiger partial charge in [0.05, 0.1) is 6.54 Å². The normalized spacial score (nSPS) is 18.1. The highest BCUT2D eigenvalue weighted by atomic mass is 16.6. The van der Waals surface area contributed by atoms with E-state index < -0.39 is 0 Å². The van der Waals surface area contributed by atoms with E-state index in [4.69, 9.17) is 15.0 Å². The number of fused-ring (bicyclic) bond motifs is 1. The van der Waals surface area contributed by atoms with Gasteiger partial charge in [0.1, 0.15) is 12.7 Å². The Balaban J connectivity index is 2.14. The van der Waals surface area contributed by atoms with Crippen molar-refractivity contribution in [3.8, 4) is 11.5 Å². The Labute approximate surface area is 87.2 Å². The summed E-state index contributed by atoms with van der Waals surface area (Å²) in [6.45, 7) is 2.71. The molecule has 0 saturated carbocycles. The number of hydrogen-bond acceptors (Lipinski definition) is 3. The first-order valence-electron chi connectivity index (χ1n) is 4.70. The molecule has 1 aliphatic heterocycles. The Morgan fingerprint density at radius 1 is 1.53 bits per heavy atom. The zero-order valence-corrected chi connectivity index (χ0v) is 8.38. The van der Waals surface area contributed by atoms with Gasteiger partial charge in [-0.25, -0.2) is 0 Å². The lowest BCUT2D eigenvalue weighted by Gasteiger charge is -2.25. The molecule has 1 unspecified atom stereocenters. The minimum absolute atomic E-state index is 0.185. The van der Waals surface area contributed by atoms with Crippen LogP contribution in [0.1, 0.15) is 5.56 Å². The Kier molecular flexibility index (Phi) is 2.65. The van der Waals surface area contributed by atoms with Crippen molar-refractivity contribution in [2.24, 2.45) is 5.11 Å². The van der Waals surface area contributed by atoms with Crippen molar-refractivity contribution in [1.29, 1.82) is 0 Å². The van der Waals surface area contributed by atoms with Crippen LogP contribution < -0.4 is 9.47 Å². The maximum absolute atomic E-state index is 8.20. The number of nitrogens with zero attached hydrogens (tertiary/aromatic N) is 3. The van der Waals surface area contributed by atoms with Crippen molar-refractivity contribution in [3.63, 3.8) is 0 Å². The molecule has 78 valence electrons. The molecule has 0 saturated heterocycles. The smallest absolute Gasteiger partial charge is 0.162 e. The molecule has 0 amide bonds. The first kappa shape index (κ1) is 9.68. The first-order valence-corrected chi connectivity index (χ1v) is 4.70. The third kappa shape index (κ3) is 2.14. The predicted molar refractivity (Wildman–Crippen MR) is 55.1 cm³/mol. The number of ether oxygens (including phenoxy) is 2. The van der Waals surface area contributed by atoms with E-state index in [0.717, 1.165) is 17.1 Å². The lowest BCUT2D eigenvalue weighted by molar-refractivity contribution is 0.0968. The van der Waals surface area contributed by atoms with Gasteiger partial charge < -0.3 is 9.47 Å². The van der Waals surface area contributed by atoms with E-state index in [2.05, 4.69) is 10.0 Å². The minimum Gasteiger partial charge on any atom is -0.486 e. The van der Waals surface area contributed by atoms with E-state index in [0.29, 0.717) is 13.2 Å². The molecule has 1 aromatic rings. The van der Waals surface area contributed by atoms with Crippen LogP contribution in [0, 0.1) is 6.92 Å². The predicted octanol–water partition coefficient (Wildman–Crippen LogP) is 2.45. The lowest BCUT2D eigenvalue weighted by Crippen LogP contribution is -2.31. The molecular weight excluding hydrogens is 194 g/mol. The molecule has 0 bridgehead atoms. The highest BCUT2D eigenvalue weighted by molar-refractivity contribution is 5.43. The van der Waals surface area contributed by atoms with Crippen molar-refractivity contribution >= 4 is 0 Å². The van der Waals surface area contributed by atoms with Crippen molar-refractivity contribution in [2.75, 3.05) is 13.2 Å². The van der Waals surface area contributed by atoms with Gasteiger partial charge in [-0.1, -0.05) is 11.2 Å². The molecule has 5 heteroatoms. The van der Waals surface area contributed by atoms with Crippen LogP contribution in [0.25, 0.3) is 10.4 Å². The van der Waals surface area contributed by atoms with E-state index in [1.165, 1.54) is 0 Å². The summed E-state index contributed by atoms with van der Waals surface area (Å²) in [5, 5.41) is 3.47. The monoisotopic (exact) mass is 205 g/mol. The maximum Gasteiger partial charge on any atom is 0.162 e. The van der Waals surface area contributed by atoms with Gasteiger partial charge in [0.2, 0.25) is 0 Å². The number of rotatable bonds is 2. The van der Waals surface area contributed by atoms with Crippen molar-refractivity contribution in [2.45, 2.75) is 13.0 Å². The number of aryl methyl sites for hydroxylation is 1. The lowest BCUT2D eigenvalue weighted by atomic mass is 10.2. The molecule has 0 aliphatic carbocycles. The average Bonchev–Trinajstić information content (AvgIpc) is 2.25. The molecule has 1 atom stereocenters. The number of azide groups is 1.